The number of carbonyl (C=O) groups excluding carboxylic acids is 1. The van der Waals surface area contributed by atoms with Crippen molar-refractivity contribution in [1.82, 2.24) is 14.9 Å². The van der Waals surface area contributed by atoms with Gasteiger partial charge in [-0.3, -0.25) is 4.79 Å². The van der Waals surface area contributed by atoms with Crippen LogP contribution in [0.4, 0.5) is 0 Å². The summed E-state index contributed by atoms with van der Waals surface area (Å²) in [5.74, 6) is 1.20. The minimum atomic E-state index is -0.737. The molecule has 2 aromatic rings. The number of aromatic nitrogens is 2. The summed E-state index contributed by atoms with van der Waals surface area (Å²) in [4.78, 5) is 24.1. The van der Waals surface area contributed by atoms with Crippen LogP contribution < -0.4 is 0 Å². The van der Waals surface area contributed by atoms with E-state index in [-0.39, 0.29) is 11.8 Å². The second-order valence-electron chi connectivity index (χ2n) is 7.38. The predicted molar refractivity (Wildman–Crippen MR) is 101 cm³/mol. The second kappa shape index (κ2) is 6.81. The van der Waals surface area contributed by atoms with Gasteiger partial charge in [0.05, 0.1) is 11.8 Å². The molecule has 134 valence electrons. The zero-order valence-corrected chi connectivity index (χ0v) is 15.8. The largest absolute Gasteiger partial charge is 0.341 e. The fraction of sp³-hybridized carbons (Fsp3) is 0.500. The molecular formula is C20H22N4OS. The predicted octanol–water partition coefficient (Wildman–Crippen LogP) is 3.91. The van der Waals surface area contributed by atoms with E-state index in [9.17, 15) is 10.1 Å². The van der Waals surface area contributed by atoms with Crippen LogP contribution in [0.5, 0.6) is 0 Å². The van der Waals surface area contributed by atoms with Crippen LogP contribution >= 0.6 is 11.3 Å². The van der Waals surface area contributed by atoms with Crippen LogP contribution in [0.25, 0.3) is 11.3 Å². The summed E-state index contributed by atoms with van der Waals surface area (Å²) < 4.78 is 0. The molecule has 0 spiro atoms. The molecule has 1 amide bonds. The minimum Gasteiger partial charge on any atom is -0.341 e. The van der Waals surface area contributed by atoms with E-state index in [4.69, 9.17) is 4.98 Å². The minimum absolute atomic E-state index is 0.0359. The lowest BCUT2D eigenvalue weighted by atomic mass is 9.68. The summed E-state index contributed by atoms with van der Waals surface area (Å²) >= 11 is 1.67. The first-order valence-electron chi connectivity index (χ1n) is 9.20. The highest BCUT2D eigenvalue weighted by molar-refractivity contribution is 7.08. The Morgan fingerprint density at radius 3 is 2.69 bits per heavy atom. The number of likely N-dealkylation sites (tertiary alicyclic amines) is 1. The second-order valence-corrected chi connectivity index (χ2v) is 8.16. The molecule has 0 aromatic carbocycles. The lowest BCUT2D eigenvalue weighted by molar-refractivity contribution is -0.144. The Labute approximate surface area is 157 Å². The van der Waals surface area contributed by atoms with Crippen molar-refractivity contribution in [2.75, 3.05) is 13.1 Å². The summed E-state index contributed by atoms with van der Waals surface area (Å²) in [5, 5.41) is 13.6. The first kappa shape index (κ1) is 17.2. The number of hydrogen-bond donors (Lipinski definition) is 0. The highest BCUT2D eigenvalue weighted by Crippen LogP contribution is 2.42. The zero-order chi connectivity index (χ0) is 18.1. The quantitative estimate of drug-likeness (QED) is 0.826. The van der Waals surface area contributed by atoms with E-state index >= 15 is 0 Å². The van der Waals surface area contributed by atoms with E-state index in [0.717, 1.165) is 42.0 Å². The molecule has 0 unspecified atom stereocenters. The number of aryl methyl sites for hydroxylation is 1. The van der Waals surface area contributed by atoms with Gasteiger partial charge in [-0.15, -0.1) is 0 Å². The van der Waals surface area contributed by atoms with Gasteiger partial charge in [0.1, 0.15) is 11.2 Å². The summed E-state index contributed by atoms with van der Waals surface area (Å²) in [7, 11) is 0. The molecule has 2 aromatic heterocycles. The van der Waals surface area contributed by atoms with Crippen molar-refractivity contribution in [1.29, 1.82) is 5.26 Å². The average Bonchev–Trinajstić information content (AvgIpc) is 3.15. The van der Waals surface area contributed by atoms with Gasteiger partial charge >= 0.3 is 0 Å². The molecule has 0 bridgehead atoms. The lowest BCUT2D eigenvalue weighted by Crippen LogP contribution is -2.49. The Balaban J connectivity index is 1.47. The smallest absolute Gasteiger partial charge is 0.243 e. The lowest BCUT2D eigenvalue weighted by Gasteiger charge is -2.40. The summed E-state index contributed by atoms with van der Waals surface area (Å²) in [6.45, 7) is 3.39. The number of thiophene rings is 1. The van der Waals surface area contributed by atoms with E-state index < -0.39 is 5.41 Å². The number of amides is 1. The van der Waals surface area contributed by atoms with Crippen molar-refractivity contribution < 1.29 is 4.79 Å². The molecule has 1 saturated carbocycles. The third kappa shape index (κ3) is 3.01. The molecule has 1 aliphatic heterocycles. The van der Waals surface area contributed by atoms with Gasteiger partial charge in [-0.25, -0.2) is 9.97 Å². The van der Waals surface area contributed by atoms with Crippen molar-refractivity contribution in [2.45, 2.75) is 44.9 Å². The molecular weight excluding hydrogens is 344 g/mol. The molecule has 6 heteroatoms. The molecule has 0 atom stereocenters. The van der Waals surface area contributed by atoms with E-state index in [2.05, 4.69) is 27.9 Å². The highest BCUT2D eigenvalue weighted by Gasteiger charge is 2.47. The third-order valence-corrected chi connectivity index (χ3v) is 6.35. The summed E-state index contributed by atoms with van der Waals surface area (Å²) in [6.07, 6.45) is 4.14. The van der Waals surface area contributed by atoms with Crippen LogP contribution in [0.15, 0.2) is 22.9 Å². The fourth-order valence-electron chi connectivity index (χ4n) is 3.88. The van der Waals surface area contributed by atoms with Crippen molar-refractivity contribution >= 4 is 17.2 Å². The molecule has 5 nitrogen and oxygen atoms in total. The molecule has 0 N–H and O–H groups in total. The van der Waals surface area contributed by atoms with Crippen LogP contribution in [0.2, 0.25) is 0 Å². The Morgan fingerprint density at radius 1 is 1.35 bits per heavy atom. The fourth-order valence-corrected chi connectivity index (χ4v) is 4.53. The van der Waals surface area contributed by atoms with Crippen molar-refractivity contribution in [2.24, 2.45) is 5.41 Å². The third-order valence-electron chi connectivity index (χ3n) is 5.67. The van der Waals surface area contributed by atoms with E-state index in [1.165, 1.54) is 0 Å². The van der Waals surface area contributed by atoms with Gasteiger partial charge in [0.2, 0.25) is 5.91 Å². The van der Waals surface area contributed by atoms with Gasteiger partial charge in [-0.2, -0.15) is 16.6 Å². The molecule has 2 aliphatic rings. The maximum absolute atomic E-state index is 12.7. The molecule has 4 rings (SSSR count). The Hall–Kier alpha value is -2.26. The maximum Gasteiger partial charge on any atom is 0.243 e. The first-order valence-corrected chi connectivity index (χ1v) is 10.1. The average molecular weight is 366 g/mol. The Bertz CT molecular complexity index is 843. The van der Waals surface area contributed by atoms with E-state index in [0.29, 0.717) is 25.9 Å². The van der Waals surface area contributed by atoms with Crippen LogP contribution in [0.1, 0.15) is 49.5 Å². The van der Waals surface area contributed by atoms with Crippen LogP contribution in [0.3, 0.4) is 0 Å². The molecule has 26 heavy (non-hydrogen) atoms. The number of hydrogen-bond acceptors (Lipinski definition) is 5. The van der Waals surface area contributed by atoms with Crippen LogP contribution in [0, 0.1) is 23.7 Å². The van der Waals surface area contributed by atoms with E-state index in [1.807, 2.05) is 17.9 Å². The van der Waals surface area contributed by atoms with Crippen molar-refractivity contribution in [3.8, 4) is 17.3 Å². The Morgan fingerprint density at radius 2 is 2.12 bits per heavy atom. The number of rotatable bonds is 3. The van der Waals surface area contributed by atoms with Crippen LogP contribution in [-0.2, 0) is 4.79 Å². The van der Waals surface area contributed by atoms with E-state index in [1.54, 1.807) is 11.3 Å². The number of carbonyl (C=O) groups is 1. The Kier molecular flexibility index (Phi) is 4.49. The first-order chi connectivity index (χ1) is 12.6. The molecule has 2 fully saturated rings. The van der Waals surface area contributed by atoms with Crippen molar-refractivity contribution in [3.05, 3.63) is 34.4 Å². The van der Waals surface area contributed by atoms with Gasteiger partial charge in [-0.1, -0.05) is 0 Å². The van der Waals surface area contributed by atoms with Gasteiger partial charge in [0.25, 0.3) is 0 Å². The van der Waals surface area contributed by atoms with Crippen LogP contribution in [-0.4, -0.2) is 33.9 Å². The molecule has 0 radical (unpaired) electrons. The summed E-state index contributed by atoms with van der Waals surface area (Å²) in [6, 6.07) is 6.38. The summed E-state index contributed by atoms with van der Waals surface area (Å²) in [5.41, 5.74) is 2.35. The topological polar surface area (TPSA) is 69.9 Å². The highest BCUT2D eigenvalue weighted by atomic mass is 32.1. The molecule has 3 heterocycles. The SMILES string of the molecule is Cc1cc(-c2ccsc2)nc(C2CCN(C(=O)C3(C#N)CCC3)CC2)n1. The van der Waals surface area contributed by atoms with Gasteiger partial charge < -0.3 is 4.90 Å². The number of nitriles is 1. The van der Waals surface area contributed by atoms with Crippen molar-refractivity contribution in [3.63, 3.8) is 0 Å². The van der Waals surface area contributed by atoms with Gasteiger partial charge in [0, 0.05) is 35.6 Å². The standard InChI is InChI=1S/C20H22N4OS/c1-14-11-17(16-5-10-26-12-16)23-18(22-14)15-3-8-24(9-4-15)19(25)20(13-21)6-2-7-20/h5,10-12,15H,2-4,6-9H2,1H3. The number of nitrogens with zero attached hydrogens (tertiary/aromatic N) is 4. The van der Waals surface area contributed by atoms with Gasteiger partial charge in [0.15, 0.2) is 0 Å². The monoisotopic (exact) mass is 366 g/mol. The number of piperidine rings is 1. The zero-order valence-electron chi connectivity index (χ0n) is 14.9. The molecule has 1 aliphatic carbocycles. The maximum atomic E-state index is 12.7. The molecule has 1 saturated heterocycles. The normalized spacial score (nSPS) is 19.6. The van der Waals surface area contributed by atoms with Gasteiger partial charge in [-0.05, 0) is 56.5 Å².